The topological polar surface area (TPSA) is 75.7 Å². The summed E-state index contributed by atoms with van der Waals surface area (Å²) in [6.07, 6.45) is 1.10. The van der Waals surface area contributed by atoms with Gasteiger partial charge >= 0.3 is 0 Å². The van der Waals surface area contributed by atoms with Crippen LogP contribution in [0.5, 0.6) is 5.75 Å². The zero-order valence-corrected chi connectivity index (χ0v) is 16.9. The fraction of sp³-hybridized carbons (Fsp3) is 0.350. The maximum atomic E-state index is 12.7. The van der Waals surface area contributed by atoms with Crippen LogP contribution in [0.4, 0.5) is 5.69 Å². The first kappa shape index (κ1) is 20.8. The van der Waals surface area contributed by atoms with Crippen molar-refractivity contribution in [2.75, 3.05) is 17.2 Å². The molecule has 0 bridgehead atoms. The van der Waals surface area contributed by atoms with Crippen LogP contribution >= 0.6 is 0 Å². The number of hydrogen-bond donors (Lipinski definition) is 1. The number of para-hydroxylation sites is 1. The zero-order valence-electron chi connectivity index (χ0n) is 16.0. The molecule has 0 aromatic heterocycles. The molecule has 0 aliphatic heterocycles. The molecular formula is C20H26N2O4S. The fourth-order valence-corrected chi connectivity index (χ4v) is 4.00. The van der Waals surface area contributed by atoms with E-state index >= 15 is 0 Å². The van der Waals surface area contributed by atoms with E-state index in [1.54, 1.807) is 37.3 Å². The van der Waals surface area contributed by atoms with E-state index in [0.717, 1.165) is 21.9 Å². The average molecular weight is 391 g/mol. The molecule has 0 radical (unpaired) electrons. The van der Waals surface area contributed by atoms with Gasteiger partial charge < -0.3 is 10.1 Å². The number of nitrogens with zero attached hydrogens (tertiary/aromatic N) is 1. The number of nitrogens with one attached hydrogen (secondary N) is 1. The molecule has 7 heteroatoms. The van der Waals surface area contributed by atoms with Gasteiger partial charge in [0.25, 0.3) is 0 Å². The summed E-state index contributed by atoms with van der Waals surface area (Å²) in [6, 6.07) is 14.9. The molecule has 0 aliphatic rings. The summed E-state index contributed by atoms with van der Waals surface area (Å²) in [7, 11) is -3.62. The van der Waals surface area contributed by atoms with E-state index in [9.17, 15) is 13.2 Å². The summed E-state index contributed by atoms with van der Waals surface area (Å²) in [5.41, 5.74) is 1.36. The molecule has 0 fully saturated rings. The van der Waals surface area contributed by atoms with Crippen LogP contribution in [-0.2, 0) is 14.8 Å². The lowest BCUT2D eigenvalue weighted by Gasteiger charge is -2.29. The van der Waals surface area contributed by atoms with Crippen LogP contribution in [-0.4, -0.2) is 33.2 Å². The van der Waals surface area contributed by atoms with Crippen molar-refractivity contribution in [3.05, 3.63) is 60.2 Å². The summed E-state index contributed by atoms with van der Waals surface area (Å²) >= 11 is 0. The third kappa shape index (κ3) is 5.47. The van der Waals surface area contributed by atoms with E-state index in [4.69, 9.17) is 4.74 Å². The minimum Gasteiger partial charge on any atom is -0.494 e. The highest BCUT2D eigenvalue weighted by Gasteiger charge is 2.29. The van der Waals surface area contributed by atoms with Gasteiger partial charge in [0.1, 0.15) is 11.8 Å². The average Bonchev–Trinajstić information content (AvgIpc) is 2.62. The SMILES string of the molecule is CCOc1ccc(C(C)NC(=O)C(C)N(c2ccccc2)S(C)(=O)=O)cc1. The second-order valence-electron chi connectivity index (χ2n) is 6.30. The van der Waals surface area contributed by atoms with E-state index in [1.165, 1.54) is 0 Å². The van der Waals surface area contributed by atoms with Gasteiger partial charge in [0.2, 0.25) is 15.9 Å². The van der Waals surface area contributed by atoms with Gasteiger partial charge in [0.15, 0.2) is 0 Å². The number of carbonyl (C=O) groups is 1. The van der Waals surface area contributed by atoms with Crippen LogP contribution in [0.3, 0.4) is 0 Å². The molecule has 6 nitrogen and oxygen atoms in total. The molecule has 0 saturated carbocycles. The Morgan fingerprint density at radius 3 is 2.19 bits per heavy atom. The first-order valence-corrected chi connectivity index (χ1v) is 10.7. The van der Waals surface area contributed by atoms with Gasteiger partial charge in [0.05, 0.1) is 24.6 Å². The predicted molar refractivity (Wildman–Crippen MR) is 107 cm³/mol. The van der Waals surface area contributed by atoms with E-state index in [0.29, 0.717) is 12.3 Å². The molecule has 2 rings (SSSR count). The minimum atomic E-state index is -3.62. The van der Waals surface area contributed by atoms with Crippen molar-refractivity contribution in [1.29, 1.82) is 0 Å². The normalized spacial score (nSPS) is 13.5. The Morgan fingerprint density at radius 2 is 1.67 bits per heavy atom. The van der Waals surface area contributed by atoms with Gasteiger partial charge in [0, 0.05) is 0 Å². The second-order valence-corrected chi connectivity index (χ2v) is 8.16. The number of sulfonamides is 1. The van der Waals surface area contributed by atoms with Gasteiger partial charge in [-0.2, -0.15) is 0 Å². The van der Waals surface area contributed by atoms with Crippen LogP contribution in [0, 0.1) is 0 Å². The van der Waals surface area contributed by atoms with E-state index in [2.05, 4.69) is 5.32 Å². The highest BCUT2D eigenvalue weighted by Crippen LogP contribution is 2.22. The lowest BCUT2D eigenvalue weighted by atomic mass is 10.1. The lowest BCUT2D eigenvalue weighted by molar-refractivity contribution is -0.122. The monoisotopic (exact) mass is 390 g/mol. The molecule has 2 unspecified atom stereocenters. The Kier molecular flexibility index (Phi) is 6.85. The molecule has 2 aromatic carbocycles. The highest BCUT2D eigenvalue weighted by atomic mass is 32.2. The number of amides is 1. The quantitative estimate of drug-likeness (QED) is 0.751. The Morgan fingerprint density at radius 1 is 1.07 bits per heavy atom. The molecule has 27 heavy (non-hydrogen) atoms. The van der Waals surface area contributed by atoms with Gasteiger partial charge in [-0.25, -0.2) is 8.42 Å². The summed E-state index contributed by atoms with van der Waals surface area (Å²) in [5, 5.41) is 2.88. The van der Waals surface area contributed by atoms with Crippen LogP contribution < -0.4 is 14.4 Å². The first-order valence-electron chi connectivity index (χ1n) is 8.81. The molecule has 2 atom stereocenters. The second kappa shape index (κ2) is 8.90. The van der Waals surface area contributed by atoms with Crippen LogP contribution in [0.2, 0.25) is 0 Å². The lowest BCUT2D eigenvalue weighted by Crippen LogP contribution is -2.48. The number of hydrogen-bond acceptors (Lipinski definition) is 4. The largest absolute Gasteiger partial charge is 0.494 e. The summed E-state index contributed by atoms with van der Waals surface area (Å²) in [6.45, 7) is 5.93. The molecule has 146 valence electrons. The van der Waals surface area contributed by atoms with Crippen molar-refractivity contribution in [2.45, 2.75) is 32.9 Å². The molecule has 0 heterocycles. The van der Waals surface area contributed by atoms with E-state index < -0.39 is 16.1 Å². The maximum Gasteiger partial charge on any atom is 0.244 e. The molecule has 1 amide bonds. The third-order valence-electron chi connectivity index (χ3n) is 4.15. The number of ether oxygens (including phenoxy) is 1. The Balaban J connectivity index is 2.15. The van der Waals surface area contributed by atoms with Crippen LogP contribution in [0.1, 0.15) is 32.4 Å². The first-order chi connectivity index (χ1) is 12.7. The van der Waals surface area contributed by atoms with Crippen molar-refractivity contribution in [3.8, 4) is 5.75 Å². The van der Waals surface area contributed by atoms with Crippen molar-refractivity contribution < 1.29 is 17.9 Å². The minimum absolute atomic E-state index is 0.271. The van der Waals surface area contributed by atoms with Gasteiger partial charge in [-0.15, -0.1) is 0 Å². The molecule has 0 aliphatic carbocycles. The molecule has 1 N–H and O–H groups in total. The number of anilines is 1. The molecule has 2 aromatic rings. The van der Waals surface area contributed by atoms with Gasteiger partial charge in [-0.05, 0) is 50.6 Å². The number of rotatable bonds is 8. The van der Waals surface area contributed by atoms with Crippen LogP contribution in [0.25, 0.3) is 0 Å². The zero-order chi connectivity index (χ0) is 20.0. The fourth-order valence-electron chi connectivity index (χ4n) is 2.82. The van der Waals surface area contributed by atoms with Crippen molar-refractivity contribution >= 4 is 21.6 Å². The van der Waals surface area contributed by atoms with E-state index in [-0.39, 0.29) is 11.9 Å². The van der Waals surface area contributed by atoms with Gasteiger partial charge in [-0.1, -0.05) is 30.3 Å². The molecular weight excluding hydrogens is 364 g/mol. The number of carbonyl (C=O) groups excluding carboxylic acids is 1. The van der Waals surface area contributed by atoms with Gasteiger partial charge in [-0.3, -0.25) is 9.10 Å². The maximum absolute atomic E-state index is 12.7. The van der Waals surface area contributed by atoms with Crippen LogP contribution in [0.15, 0.2) is 54.6 Å². The predicted octanol–water partition coefficient (Wildman–Crippen LogP) is 3.12. The molecule has 0 saturated heterocycles. The summed E-state index contributed by atoms with van der Waals surface area (Å²) in [5.74, 6) is 0.395. The Bertz CT molecular complexity index is 851. The molecule has 0 spiro atoms. The smallest absolute Gasteiger partial charge is 0.244 e. The third-order valence-corrected chi connectivity index (χ3v) is 5.39. The highest BCUT2D eigenvalue weighted by molar-refractivity contribution is 7.92. The summed E-state index contributed by atoms with van der Waals surface area (Å²) in [4.78, 5) is 12.7. The van der Waals surface area contributed by atoms with Crippen molar-refractivity contribution in [3.63, 3.8) is 0 Å². The summed E-state index contributed by atoms with van der Waals surface area (Å²) < 4.78 is 31.1. The van der Waals surface area contributed by atoms with Crippen molar-refractivity contribution in [1.82, 2.24) is 5.32 Å². The Labute approximate surface area is 161 Å². The Hall–Kier alpha value is -2.54. The van der Waals surface area contributed by atoms with E-state index in [1.807, 2.05) is 38.1 Å². The standard InChI is InChI=1S/C20H26N2O4S/c1-5-26-19-13-11-17(12-14-19)15(2)21-20(23)16(3)22(27(4,24)25)18-9-7-6-8-10-18/h6-16H,5H2,1-4H3,(H,21,23). The van der Waals surface area contributed by atoms with Crippen molar-refractivity contribution in [2.24, 2.45) is 0 Å². The number of benzene rings is 2.